The summed E-state index contributed by atoms with van der Waals surface area (Å²) in [4.78, 5) is 24.4. The fraction of sp³-hybridized carbons (Fsp3) is 0.304. The Hall–Kier alpha value is -3.10. The molecule has 144 valence electrons. The minimum Gasteiger partial charge on any atom is -0.461 e. The van der Waals surface area contributed by atoms with Crippen molar-refractivity contribution in [2.75, 3.05) is 13.2 Å². The molecule has 2 aromatic carbocycles. The number of esters is 2. The first-order valence-electron chi connectivity index (χ1n) is 9.16. The number of carbonyl (C=O) groups excluding carboxylic acids is 2. The van der Waals surface area contributed by atoms with Gasteiger partial charge < -0.3 is 14.2 Å². The zero-order valence-corrected chi connectivity index (χ0v) is 15.5. The van der Waals surface area contributed by atoms with Crippen LogP contribution in [-0.4, -0.2) is 36.9 Å². The Balaban J connectivity index is 1.57. The largest absolute Gasteiger partial charge is 0.461 e. The standard InChI is InChI=1S/C23H22O5/c1-2-23(17-26-21(24)15-18-9-5-3-6-10-18)20(13-14-27-23)28-22(25)16-19-11-7-4-8-12-19/h1,3-12,20H,13-17H2. The number of hydrogen-bond acceptors (Lipinski definition) is 5. The molecule has 3 rings (SSSR count). The van der Waals surface area contributed by atoms with Gasteiger partial charge in [0.05, 0.1) is 19.4 Å². The van der Waals surface area contributed by atoms with Crippen molar-refractivity contribution >= 4 is 11.9 Å². The SMILES string of the molecule is C#CC1(COC(=O)Cc2ccccc2)OCCC1OC(=O)Cc1ccccc1. The van der Waals surface area contributed by atoms with Crippen molar-refractivity contribution in [3.05, 3.63) is 71.8 Å². The molecule has 5 heteroatoms. The first-order chi connectivity index (χ1) is 13.6. The molecule has 28 heavy (non-hydrogen) atoms. The van der Waals surface area contributed by atoms with Crippen LogP contribution in [0, 0.1) is 12.3 Å². The Bertz CT molecular complexity index is 840. The highest BCUT2D eigenvalue weighted by molar-refractivity contribution is 5.73. The molecule has 2 aromatic rings. The molecule has 5 nitrogen and oxygen atoms in total. The minimum atomic E-state index is -1.25. The van der Waals surface area contributed by atoms with Gasteiger partial charge in [0.25, 0.3) is 0 Å². The first kappa shape index (κ1) is 19.7. The Morgan fingerprint density at radius 2 is 1.57 bits per heavy atom. The van der Waals surface area contributed by atoms with Crippen LogP contribution in [0.4, 0.5) is 0 Å². The summed E-state index contributed by atoms with van der Waals surface area (Å²) >= 11 is 0. The Morgan fingerprint density at radius 3 is 2.14 bits per heavy atom. The Labute approximate surface area is 164 Å². The van der Waals surface area contributed by atoms with E-state index in [1.165, 1.54) is 0 Å². The van der Waals surface area contributed by atoms with Gasteiger partial charge in [-0.1, -0.05) is 66.6 Å². The molecule has 1 saturated heterocycles. The van der Waals surface area contributed by atoms with E-state index in [0.29, 0.717) is 13.0 Å². The molecule has 0 saturated carbocycles. The number of rotatable bonds is 7. The lowest BCUT2D eigenvalue weighted by Crippen LogP contribution is -2.45. The van der Waals surface area contributed by atoms with Crippen molar-refractivity contribution in [1.29, 1.82) is 0 Å². The summed E-state index contributed by atoms with van der Waals surface area (Å²) in [6.07, 6.45) is 5.76. The summed E-state index contributed by atoms with van der Waals surface area (Å²) < 4.78 is 16.6. The molecule has 1 fully saturated rings. The second-order valence-corrected chi connectivity index (χ2v) is 6.63. The van der Waals surface area contributed by atoms with Crippen molar-refractivity contribution in [1.82, 2.24) is 0 Å². The molecule has 0 radical (unpaired) electrons. The van der Waals surface area contributed by atoms with Crippen molar-refractivity contribution < 1.29 is 23.8 Å². The fourth-order valence-electron chi connectivity index (χ4n) is 3.10. The third-order valence-corrected chi connectivity index (χ3v) is 4.61. The summed E-state index contributed by atoms with van der Waals surface area (Å²) in [5, 5.41) is 0. The van der Waals surface area contributed by atoms with Crippen molar-refractivity contribution in [2.24, 2.45) is 0 Å². The smallest absolute Gasteiger partial charge is 0.310 e. The molecule has 0 aromatic heterocycles. The molecule has 1 heterocycles. The molecular formula is C23H22O5. The summed E-state index contributed by atoms with van der Waals surface area (Å²) in [6, 6.07) is 18.6. The summed E-state index contributed by atoms with van der Waals surface area (Å²) in [5.41, 5.74) is 0.450. The van der Waals surface area contributed by atoms with Gasteiger partial charge in [-0.15, -0.1) is 6.42 Å². The molecule has 1 aliphatic heterocycles. The van der Waals surface area contributed by atoms with Crippen LogP contribution in [0.2, 0.25) is 0 Å². The van der Waals surface area contributed by atoms with Crippen molar-refractivity contribution in [2.45, 2.75) is 31.0 Å². The average molecular weight is 378 g/mol. The van der Waals surface area contributed by atoms with Gasteiger partial charge in [-0.3, -0.25) is 9.59 Å². The second kappa shape index (κ2) is 9.20. The Morgan fingerprint density at radius 1 is 1.00 bits per heavy atom. The minimum absolute atomic E-state index is 0.139. The van der Waals surface area contributed by atoms with Crippen LogP contribution in [-0.2, 0) is 36.6 Å². The lowest BCUT2D eigenvalue weighted by Gasteiger charge is -2.28. The highest BCUT2D eigenvalue weighted by Crippen LogP contribution is 2.29. The number of carbonyl (C=O) groups is 2. The van der Waals surface area contributed by atoms with Crippen LogP contribution in [0.25, 0.3) is 0 Å². The average Bonchev–Trinajstić information content (AvgIpc) is 3.10. The quantitative estimate of drug-likeness (QED) is 0.548. The number of hydrogen-bond donors (Lipinski definition) is 0. The molecule has 0 N–H and O–H groups in total. The van der Waals surface area contributed by atoms with Crippen LogP contribution in [0.1, 0.15) is 17.5 Å². The lowest BCUT2D eigenvalue weighted by atomic mass is 9.98. The van der Waals surface area contributed by atoms with E-state index in [1.54, 1.807) is 0 Å². The predicted molar refractivity (Wildman–Crippen MR) is 103 cm³/mol. The van der Waals surface area contributed by atoms with E-state index in [-0.39, 0.29) is 19.4 Å². The number of benzene rings is 2. The van der Waals surface area contributed by atoms with E-state index in [4.69, 9.17) is 20.6 Å². The summed E-state index contributed by atoms with van der Waals surface area (Å²) in [5.74, 6) is 1.74. The van der Waals surface area contributed by atoms with E-state index in [9.17, 15) is 9.59 Å². The van der Waals surface area contributed by atoms with Gasteiger partial charge >= 0.3 is 11.9 Å². The monoisotopic (exact) mass is 378 g/mol. The highest BCUT2D eigenvalue weighted by atomic mass is 16.6. The van der Waals surface area contributed by atoms with E-state index in [0.717, 1.165) is 11.1 Å². The zero-order chi connectivity index (χ0) is 19.8. The second-order valence-electron chi connectivity index (χ2n) is 6.63. The van der Waals surface area contributed by atoms with E-state index >= 15 is 0 Å². The molecule has 2 unspecified atom stereocenters. The van der Waals surface area contributed by atoms with E-state index in [1.807, 2.05) is 60.7 Å². The third kappa shape index (κ3) is 4.99. The number of terminal acetylenes is 1. The van der Waals surface area contributed by atoms with Gasteiger partial charge in [0.15, 0.2) is 5.60 Å². The maximum absolute atomic E-state index is 12.3. The van der Waals surface area contributed by atoms with Crippen molar-refractivity contribution in [3.8, 4) is 12.3 Å². The molecule has 1 aliphatic rings. The third-order valence-electron chi connectivity index (χ3n) is 4.61. The molecule has 0 aliphatic carbocycles. The van der Waals surface area contributed by atoms with Crippen LogP contribution in [0.3, 0.4) is 0 Å². The van der Waals surface area contributed by atoms with Gasteiger partial charge in [0.2, 0.25) is 0 Å². The van der Waals surface area contributed by atoms with Gasteiger partial charge in [0.1, 0.15) is 12.7 Å². The molecule has 0 bridgehead atoms. The Kier molecular flexibility index (Phi) is 6.46. The molecule has 2 atom stereocenters. The maximum Gasteiger partial charge on any atom is 0.310 e. The number of ether oxygens (including phenoxy) is 3. The van der Waals surface area contributed by atoms with Gasteiger partial charge in [-0.25, -0.2) is 0 Å². The van der Waals surface area contributed by atoms with Crippen LogP contribution in [0.15, 0.2) is 60.7 Å². The van der Waals surface area contributed by atoms with Gasteiger partial charge in [-0.05, 0) is 11.1 Å². The fourth-order valence-corrected chi connectivity index (χ4v) is 3.10. The lowest BCUT2D eigenvalue weighted by molar-refractivity contribution is -0.162. The summed E-state index contributed by atoms with van der Waals surface area (Å²) in [7, 11) is 0. The predicted octanol–water partition coefficient (Wildman–Crippen LogP) is 2.72. The molecule has 0 spiro atoms. The highest BCUT2D eigenvalue weighted by Gasteiger charge is 2.47. The summed E-state index contributed by atoms with van der Waals surface area (Å²) in [6.45, 7) is 0.183. The molecule has 0 amide bonds. The van der Waals surface area contributed by atoms with Gasteiger partial charge in [-0.2, -0.15) is 0 Å². The maximum atomic E-state index is 12.3. The topological polar surface area (TPSA) is 61.8 Å². The normalized spacial score (nSPS) is 20.9. The molecular weight excluding hydrogens is 356 g/mol. The van der Waals surface area contributed by atoms with Crippen LogP contribution in [0.5, 0.6) is 0 Å². The van der Waals surface area contributed by atoms with E-state index in [2.05, 4.69) is 5.92 Å². The zero-order valence-electron chi connectivity index (χ0n) is 15.5. The van der Waals surface area contributed by atoms with Crippen LogP contribution < -0.4 is 0 Å². The van der Waals surface area contributed by atoms with Crippen LogP contribution >= 0.6 is 0 Å². The van der Waals surface area contributed by atoms with Gasteiger partial charge in [0, 0.05) is 6.42 Å². The van der Waals surface area contributed by atoms with Crippen molar-refractivity contribution in [3.63, 3.8) is 0 Å². The van der Waals surface area contributed by atoms with E-state index < -0.39 is 23.6 Å². The first-order valence-corrected chi connectivity index (χ1v) is 9.16.